The molecular weight excluding hydrogens is 305 g/mol. The van der Waals surface area contributed by atoms with Crippen LogP contribution in [0.4, 0.5) is 0 Å². The summed E-state index contributed by atoms with van der Waals surface area (Å²) in [7, 11) is 1.79. The van der Waals surface area contributed by atoms with Gasteiger partial charge in [0.15, 0.2) is 0 Å². The number of carbonyl (C=O) groups excluding carboxylic acids is 1. The Morgan fingerprint density at radius 3 is 2.53 bits per heavy atom. The summed E-state index contributed by atoms with van der Waals surface area (Å²) in [6.45, 7) is 2.37. The lowest BCUT2D eigenvalue weighted by Gasteiger charge is -2.28. The van der Waals surface area contributed by atoms with E-state index in [1.165, 1.54) is 12.8 Å². The fourth-order valence-corrected chi connectivity index (χ4v) is 3.43. The molecule has 1 aromatic heterocycles. The summed E-state index contributed by atoms with van der Waals surface area (Å²) < 4.78 is 0. The summed E-state index contributed by atoms with van der Waals surface area (Å²) in [5.41, 5.74) is 0.839. The summed E-state index contributed by atoms with van der Waals surface area (Å²) in [5.74, 6) is 0.0576. The Kier molecular flexibility index (Phi) is 7.89. The van der Waals surface area contributed by atoms with Gasteiger partial charge in [-0.05, 0) is 26.8 Å². The zero-order chi connectivity index (χ0) is 12.3. The van der Waals surface area contributed by atoms with Crippen LogP contribution in [0.1, 0.15) is 36.4 Å². The molecule has 0 aromatic carbocycles. The summed E-state index contributed by atoms with van der Waals surface area (Å²) in [4.78, 5) is 16.3. The van der Waals surface area contributed by atoms with Gasteiger partial charge in [0.2, 0.25) is 5.91 Å². The van der Waals surface area contributed by atoms with Crippen LogP contribution in [0.5, 0.6) is 0 Å². The molecule has 2 rings (SSSR count). The first-order valence-corrected chi connectivity index (χ1v) is 6.92. The predicted molar refractivity (Wildman–Crippen MR) is 83.6 cm³/mol. The van der Waals surface area contributed by atoms with E-state index < -0.39 is 0 Å². The molecule has 0 bridgehead atoms. The zero-order valence-electron chi connectivity index (χ0n) is 11.2. The van der Waals surface area contributed by atoms with Gasteiger partial charge in [-0.1, -0.05) is 12.8 Å². The number of halogens is 2. The van der Waals surface area contributed by atoms with Gasteiger partial charge in [-0.25, -0.2) is 4.98 Å². The first kappa shape index (κ1) is 18.6. The number of hydrogen-bond acceptors (Lipinski definition) is 4. The molecule has 0 aliphatic heterocycles. The van der Waals surface area contributed by atoms with Gasteiger partial charge in [0, 0.05) is 11.1 Å². The molecule has 110 valence electrons. The quantitative estimate of drug-likeness (QED) is 0.893. The molecule has 4 nitrogen and oxygen atoms in total. The van der Waals surface area contributed by atoms with E-state index >= 15 is 0 Å². The predicted octanol–water partition coefficient (Wildman–Crippen LogP) is 2.40. The molecule has 1 amide bonds. The van der Waals surface area contributed by atoms with Gasteiger partial charge < -0.3 is 10.6 Å². The maximum atomic E-state index is 11.8. The third kappa shape index (κ3) is 4.31. The monoisotopic (exact) mass is 325 g/mol. The number of nitrogens with one attached hydrogen (secondary N) is 2. The van der Waals surface area contributed by atoms with Crippen LogP contribution in [0, 0.1) is 6.92 Å². The highest BCUT2D eigenvalue weighted by molar-refractivity contribution is 7.09. The fraction of sp³-hybridized carbons (Fsp3) is 0.667. The van der Waals surface area contributed by atoms with Gasteiger partial charge in [0.1, 0.15) is 5.01 Å². The van der Waals surface area contributed by atoms with Crippen LogP contribution in [-0.2, 0) is 10.3 Å². The van der Waals surface area contributed by atoms with E-state index in [0.717, 1.165) is 23.5 Å². The number of amides is 1. The minimum absolute atomic E-state index is 0. The first-order chi connectivity index (χ1) is 8.16. The van der Waals surface area contributed by atoms with Gasteiger partial charge >= 0.3 is 0 Å². The molecule has 0 radical (unpaired) electrons. The fourth-order valence-electron chi connectivity index (χ4n) is 2.42. The van der Waals surface area contributed by atoms with Crippen molar-refractivity contribution in [3.05, 3.63) is 16.1 Å². The molecule has 1 aliphatic rings. The van der Waals surface area contributed by atoms with Crippen molar-refractivity contribution in [1.82, 2.24) is 15.6 Å². The standard InChI is InChI=1S/C12H19N3OS.2ClH/c1-9-8-17-11(14-9)12(5-3-4-6-12)15-10(16)7-13-2;;/h8,13H,3-7H2,1-2H3,(H,15,16);2*1H. The second-order valence-electron chi connectivity index (χ2n) is 4.66. The molecule has 1 saturated carbocycles. The van der Waals surface area contributed by atoms with E-state index in [2.05, 4.69) is 21.0 Å². The van der Waals surface area contributed by atoms with E-state index in [4.69, 9.17) is 0 Å². The Morgan fingerprint density at radius 2 is 2.05 bits per heavy atom. The Bertz CT molecular complexity index is 405. The molecule has 1 aliphatic carbocycles. The molecule has 0 unspecified atom stereocenters. The third-order valence-corrected chi connectivity index (χ3v) is 4.37. The van der Waals surface area contributed by atoms with Crippen molar-refractivity contribution in [2.45, 2.75) is 38.1 Å². The molecule has 7 heteroatoms. The largest absolute Gasteiger partial charge is 0.343 e. The van der Waals surface area contributed by atoms with Crippen molar-refractivity contribution in [2.24, 2.45) is 0 Å². The SMILES string of the molecule is CNCC(=O)NC1(c2nc(C)cs2)CCCC1.Cl.Cl. The number of nitrogens with zero attached hydrogens (tertiary/aromatic N) is 1. The van der Waals surface area contributed by atoms with E-state index in [1.807, 2.05) is 6.92 Å². The normalized spacial score (nSPS) is 16.3. The van der Waals surface area contributed by atoms with Gasteiger partial charge in [0.25, 0.3) is 0 Å². The number of aromatic nitrogens is 1. The lowest BCUT2D eigenvalue weighted by Crippen LogP contribution is -2.46. The number of likely N-dealkylation sites (N-methyl/N-ethyl adjacent to an activating group) is 1. The van der Waals surface area contributed by atoms with Crippen molar-refractivity contribution in [1.29, 1.82) is 0 Å². The average molecular weight is 326 g/mol. The molecule has 0 atom stereocenters. The zero-order valence-corrected chi connectivity index (χ0v) is 13.6. The maximum absolute atomic E-state index is 11.8. The third-order valence-electron chi connectivity index (χ3n) is 3.20. The van der Waals surface area contributed by atoms with E-state index in [1.54, 1.807) is 18.4 Å². The molecule has 2 N–H and O–H groups in total. The van der Waals surface area contributed by atoms with Gasteiger partial charge in [0.05, 0.1) is 12.1 Å². The molecule has 0 spiro atoms. The smallest absolute Gasteiger partial charge is 0.234 e. The van der Waals surface area contributed by atoms with Crippen molar-refractivity contribution in [2.75, 3.05) is 13.6 Å². The highest BCUT2D eigenvalue weighted by Crippen LogP contribution is 2.39. The molecule has 0 saturated heterocycles. The van der Waals surface area contributed by atoms with Crippen LogP contribution in [0.2, 0.25) is 0 Å². The lowest BCUT2D eigenvalue weighted by molar-refractivity contribution is -0.122. The van der Waals surface area contributed by atoms with E-state index in [0.29, 0.717) is 6.54 Å². The Morgan fingerprint density at radius 1 is 1.42 bits per heavy atom. The van der Waals surface area contributed by atoms with Crippen LogP contribution in [0.25, 0.3) is 0 Å². The summed E-state index contributed by atoms with van der Waals surface area (Å²) in [6, 6.07) is 0. The molecule has 19 heavy (non-hydrogen) atoms. The second kappa shape index (κ2) is 8.04. The molecule has 1 heterocycles. The average Bonchev–Trinajstić information content (AvgIpc) is 2.88. The number of rotatable bonds is 4. The summed E-state index contributed by atoms with van der Waals surface area (Å²) in [6.07, 6.45) is 4.35. The van der Waals surface area contributed by atoms with Crippen LogP contribution in [0.3, 0.4) is 0 Å². The Balaban J connectivity index is 0.00000162. The first-order valence-electron chi connectivity index (χ1n) is 6.04. The molecule has 1 fully saturated rings. The topological polar surface area (TPSA) is 54.0 Å². The molecular formula is C12H21Cl2N3OS. The summed E-state index contributed by atoms with van der Waals surface area (Å²) >= 11 is 1.66. The van der Waals surface area contributed by atoms with Crippen molar-refractivity contribution in [3.63, 3.8) is 0 Å². The Labute approximate surface area is 130 Å². The number of aryl methyl sites for hydroxylation is 1. The highest BCUT2D eigenvalue weighted by Gasteiger charge is 2.39. The van der Waals surface area contributed by atoms with E-state index in [9.17, 15) is 4.79 Å². The maximum Gasteiger partial charge on any atom is 0.234 e. The Hall–Kier alpha value is -0.360. The van der Waals surface area contributed by atoms with Crippen molar-refractivity contribution < 1.29 is 4.79 Å². The lowest BCUT2D eigenvalue weighted by atomic mass is 9.98. The van der Waals surface area contributed by atoms with Gasteiger partial charge in [-0.15, -0.1) is 36.2 Å². The van der Waals surface area contributed by atoms with Crippen LogP contribution >= 0.6 is 36.2 Å². The minimum Gasteiger partial charge on any atom is -0.343 e. The van der Waals surface area contributed by atoms with Gasteiger partial charge in [-0.3, -0.25) is 4.79 Å². The minimum atomic E-state index is -0.202. The number of thiazole rings is 1. The highest BCUT2D eigenvalue weighted by atomic mass is 35.5. The number of hydrogen-bond donors (Lipinski definition) is 2. The van der Waals surface area contributed by atoms with Crippen LogP contribution in [0.15, 0.2) is 5.38 Å². The van der Waals surface area contributed by atoms with Crippen molar-refractivity contribution >= 4 is 42.1 Å². The van der Waals surface area contributed by atoms with E-state index in [-0.39, 0.29) is 36.3 Å². The number of carbonyl (C=O) groups is 1. The van der Waals surface area contributed by atoms with Crippen LogP contribution in [-0.4, -0.2) is 24.5 Å². The second-order valence-corrected chi connectivity index (χ2v) is 5.52. The van der Waals surface area contributed by atoms with Crippen LogP contribution < -0.4 is 10.6 Å². The van der Waals surface area contributed by atoms with Crippen molar-refractivity contribution in [3.8, 4) is 0 Å². The molecule has 1 aromatic rings. The summed E-state index contributed by atoms with van der Waals surface area (Å²) in [5, 5.41) is 9.18. The van der Waals surface area contributed by atoms with Gasteiger partial charge in [-0.2, -0.15) is 0 Å².